The summed E-state index contributed by atoms with van der Waals surface area (Å²) < 4.78 is 39.0. The van der Waals surface area contributed by atoms with Crippen LogP contribution in [0.25, 0.3) is 11.1 Å². The van der Waals surface area contributed by atoms with Crippen molar-refractivity contribution >= 4 is 29.4 Å². The van der Waals surface area contributed by atoms with Crippen LogP contribution in [0.2, 0.25) is 0 Å². The van der Waals surface area contributed by atoms with Gasteiger partial charge in [0.25, 0.3) is 12.4 Å². The lowest BCUT2D eigenvalue weighted by Crippen LogP contribution is -2.43. The summed E-state index contributed by atoms with van der Waals surface area (Å²) in [5, 5.41) is 9.62. The highest BCUT2D eigenvalue weighted by atomic mass is 19.1. The third-order valence-electron chi connectivity index (χ3n) is 8.32. The van der Waals surface area contributed by atoms with Crippen LogP contribution < -0.4 is 25.3 Å². The van der Waals surface area contributed by atoms with E-state index in [4.69, 9.17) is 28.5 Å². The number of aromatic nitrogens is 1. The largest absolute Gasteiger partial charge is 0.493 e. The Morgan fingerprint density at radius 3 is 2.65 bits per heavy atom. The van der Waals surface area contributed by atoms with Crippen molar-refractivity contribution in [1.29, 1.82) is 0 Å². The number of nitrogens with zero attached hydrogens (tertiary/aromatic N) is 2. The standard InChI is InChI=1S/C35H30FN3O7.CH2O2/c1-43-30-12-7-22-18-31(30)44-16-4-14-37-34(41)26-19-24(9-11-27(26)36)45-23-8-10-25-21(17-23)13-15-38(33(22)25)32(40)20-39-28-5-2-3-6-29(28)46-35(39)42;2-1-3/h2-3,5-12,17-19,33H,4,13-16,20H2,1H3,(H,37,41);1H,(H,2,3). The normalized spacial score (nSPS) is 15.4. The summed E-state index contributed by atoms with van der Waals surface area (Å²) in [7, 11) is 1.55. The van der Waals surface area contributed by atoms with Crippen molar-refractivity contribution in [2.45, 2.75) is 25.4 Å². The third-order valence-corrected chi connectivity index (χ3v) is 8.32. The number of methoxy groups -OCH3 is 1. The van der Waals surface area contributed by atoms with E-state index in [1.807, 2.05) is 24.3 Å². The van der Waals surface area contributed by atoms with Crippen molar-refractivity contribution in [1.82, 2.24) is 14.8 Å². The van der Waals surface area contributed by atoms with E-state index in [0.717, 1.165) is 16.7 Å². The monoisotopic (exact) mass is 669 g/mol. The molecule has 0 aliphatic carbocycles. The van der Waals surface area contributed by atoms with E-state index >= 15 is 0 Å². The molecule has 3 aliphatic rings. The molecule has 5 aromatic rings. The molecule has 0 fully saturated rings. The van der Waals surface area contributed by atoms with Crippen LogP contribution in [-0.4, -0.2) is 59.7 Å². The molecule has 3 aliphatic heterocycles. The van der Waals surface area contributed by atoms with Gasteiger partial charge in [0, 0.05) is 13.1 Å². The van der Waals surface area contributed by atoms with Crippen molar-refractivity contribution in [2.24, 2.45) is 0 Å². The maximum Gasteiger partial charge on any atom is 0.420 e. The summed E-state index contributed by atoms with van der Waals surface area (Å²) in [6.07, 6.45) is 0.968. The number of amides is 2. The van der Waals surface area contributed by atoms with Crippen molar-refractivity contribution < 1.29 is 42.5 Å². The van der Waals surface area contributed by atoms with E-state index in [0.29, 0.717) is 53.5 Å². The highest BCUT2D eigenvalue weighted by Crippen LogP contribution is 2.41. The van der Waals surface area contributed by atoms with Crippen LogP contribution in [0.1, 0.15) is 39.5 Å². The van der Waals surface area contributed by atoms with Gasteiger partial charge in [-0.1, -0.05) is 24.3 Å². The summed E-state index contributed by atoms with van der Waals surface area (Å²) >= 11 is 0. The van der Waals surface area contributed by atoms with Crippen LogP contribution in [0.15, 0.2) is 88.1 Å². The minimum absolute atomic E-state index is 0.120. The first-order valence-electron chi connectivity index (χ1n) is 15.5. The molecule has 49 heavy (non-hydrogen) atoms. The molecule has 8 bridgehead atoms. The van der Waals surface area contributed by atoms with E-state index in [9.17, 15) is 18.8 Å². The van der Waals surface area contributed by atoms with E-state index in [-0.39, 0.29) is 37.6 Å². The molecule has 13 heteroatoms. The lowest BCUT2D eigenvalue weighted by atomic mass is 9.87. The van der Waals surface area contributed by atoms with Crippen molar-refractivity contribution in [3.05, 3.63) is 117 Å². The molecule has 1 aromatic heterocycles. The molecule has 252 valence electrons. The van der Waals surface area contributed by atoms with E-state index in [1.165, 1.54) is 22.8 Å². The molecule has 0 spiro atoms. The predicted octanol–water partition coefficient (Wildman–Crippen LogP) is 4.92. The summed E-state index contributed by atoms with van der Waals surface area (Å²) in [4.78, 5) is 49.7. The summed E-state index contributed by atoms with van der Waals surface area (Å²) in [6, 6.07) is 21.7. The first-order valence-corrected chi connectivity index (χ1v) is 15.5. The van der Waals surface area contributed by atoms with Gasteiger partial charge in [0.15, 0.2) is 17.1 Å². The van der Waals surface area contributed by atoms with Gasteiger partial charge in [-0.15, -0.1) is 0 Å². The molecule has 0 saturated heterocycles. The molecule has 1 unspecified atom stereocenters. The third kappa shape index (κ3) is 6.82. The fourth-order valence-electron chi connectivity index (χ4n) is 6.09. The molecule has 4 aromatic carbocycles. The second-order valence-electron chi connectivity index (χ2n) is 11.2. The van der Waals surface area contributed by atoms with E-state index in [2.05, 4.69) is 5.32 Å². The zero-order chi connectivity index (χ0) is 34.5. The molecule has 2 amide bonds. The smallest absolute Gasteiger partial charge is 0.420 e. The molecular weight excluding hydrogens is 637 g/mol. The van der Waals surface area contributed by atoms with Crippen LogP contribution in [0.4, 0.5) is 4.39 Å². The average Bonchev–Trinajstić information content (AvgIpc) is 3.42. The van der Waals surface area contributed by atoms with Gasteiger partial charge in [-0.2, -0.15) is 0 Å². The number of hydrogen-bond donors (Lipinski definition) is 2. The number of carboxylic acid groups (broad SMARTS) is 1. The second kappa shape index (κ2) is 14.3. The highest BCUT2D eigenvalue weighted by molar-refractivity contribution is 5.94. The quantitative estimate of drug-likeness (QED) is 0.255. The first-order chi connectivity index (χ1) is 23.8. The minimum Gasteiger partial charge on any atom is -0.493 e. The maximum absolute atomic E-state index is 14.6. The van der Waals surface area contributed by atoms with Gasteiger partial charge in [0.05, 0.1) is 30.8 Å². The van der Waals surface area contributed by atoms with Crippen molar-refractivity contribution in [2.75, 3.05) is 26.8 Å². The molecule has 2 N–H and O–H groups in total. The van der Waals surface area contributed by atoms with E-state index in [1.54, 1.807) is 48.4 Å². The zero-order valence-electron chi connectivity index (χ0n) is 26.4. The fraction of sp³-hybridized carbons (Fsp3) is 0.222. The van der Waals surface area contributed by atoms with Crippen LogP contribution in [0.5, 0.6) is 23.0 Å². The predicted molar refractivity (Wildman–Crippen MR) is 175 cm³/mol. The molecule has 12 nitrogen and oxygen atoms in total. The van der Waals surface area contributed by atoms with Crippen LogP contribution in [0, 0.1) is 5.82 Å². The Morgan fingerprint density at radius 1 is 1.06 bits per heavy atom. The molecule has 4 heterocycles. The zero-order valence-corrected chi connectivity index (χ0v) is 26.4. The number of para-hydroxylation sites is 2. The Kier molecular flexibility index (Phi) is 9.60. The van der Waals surface area contributed by atoms with Crippen LogP contribution >= 0.6 is 0 Å². The highest BCUT2D eigenvalue weighted by Gasteiger charge is 2.34. The van der Waals surface area contributed by atoms with Gasteiger partial charge in [0.2, 0.25) is 5.91 Å². The molecule has 1 atom stereocenters. The van der Waals surface area contributed by atoms with Gasteiger partial charge >= 0.3 is 5.76 Å². The Bertz CT molecular complexity index is 2090. The summed E-state index contributed by atoms with van der Waals surface area (Å²) in [5.74, 6) is -0.242. The van der Waals surface area contributed by atoms with Gasteiger partial charge in [-0.3, -0.25) is 19.0 Å². The molecule has 8 rings (SSSR count). The molecule has 0 saturated carbocycles. The average molecular weight is 670 g/mol. The summed E-state index contributed by atoms with van der Waals surface area (Å²) in [6.45, 7) is 0.423. The molecule has 0 radical (unpaired) electrons. The number of hydrogen-bond acceptors (Lipinski definition) is 8. The van der Waals surface area contributed by atoms with Crippen molar-refractivity contribution in [3.63, 3.8) is 0 Å². The van der Waals surface area contributed by atoms with Gasteiger partial charge in [0.1, 0.15) is 23.9 Å². The summed E-state index contributed by atoms with van der Waals surface area (Å²) in [5.41, 5.74) is 3.47. The number of nitrogens with one attached hydrogen (secondary N) is 1. The Balaban J connectivity index is 0.00000134. The Labute approximate surface area is 279 Å². The number of benzene rings is 4. The number of fused-ring (bicyclic) bond motifs is 7. The first kappa shape index (κ1) is 32.8. The number of carbonyl (C=O) groups is 3. The fourth-order valence-corrected chi connectivity index (χ4v) is 6.09. The number of halogens is 1. The number of rotatable bonds is 3. The Hall–Kier alpha value is -6.11. The lowest BCUT2D eigenvalue weighted by molar-refractivity contribution is -0.134. The van der Waals surface area contributed by atoms with Crippen molar-refractivity contribution in [3.8, 4) is 23.0 Å². The van der Waals surface area contributed by atoms with Gasteiger partial charge < -0.3 is 34.0 Å². The number of carbonyl (C=O) groups excluding carboxylic acids is 2. The Morgan fingerprint density at radius 2 is 1.84 bits per heavy atom. The maximum atomic E-state index is 14.6. The van der Waals surface area contributed by atoms with Crippen LogP contribution in [-0.2, 0) is 22.6 Å². The second-order valence-corrected chi connectivity index (χ2v) is 11.2. The number of oxazole rings is 1. The van der Waals surface area contributed by atoms with E-state index < -0.39 is 23.5 Å². The lowest BCUT2D eigenvalue weighted by Gasteiger charge is -2.38. The number of ether oxygens (including phenoxy) is 3. The molecular formula is C36H32FN3O9. The van der Waals surface area contributed by atoms with Crippen LogP contribution in [0.3, 0.4) is 0 Å². The van der Waals surface area contributed by atoms with Gasteiger partial charge in [-0.25, -0.2) is 9.18 Å². The van der Waals surface area contributed by atoms with Gasteiger partial charge in [-0.05, 0) is 84.1 Å². The topological polar surface area (TPSA) is 150 Å². The minimum atomic E-state index is -0.652. The SMILES string of the molecule is COc1ccc2cc1OCCCNC(=O)c1cc(ccc1F)Oc1ccc3c(c1)CCN(C(=O)Cn1c(=O)oc4ccccc41)C23.O=CO.